The molecule has 1 atom stereocenters. The smallest absolute Gasteiger partial charge is 0.251 e. The zero-order valence-corrected chi connectivity index (χ0v) is 26.6. The molecule has 5 heterocycles. The molecule has 45 heavy (non-hydrogen) atoms. The van der Waals surface area contributed by atoms with E-state index in [-0.39, 0.29) is 23.4 Å². The molecule has 10 nitrogen and oxygen atoms in total. The van der Waals surface area contributed by atoms with Crippen LogP contribution in [-0.2, 0) is 11.2 Å². The summed E-state index contributed by atoms with van der Waals surface area (Å²) in [7, 11) is 2.21. The minimum Gasteiger partial charge on any atom is -0.339 e. The van der Waals surface area contributed by atoms with Crippen molar-refractivity contribution in [3.8, 4) is 0 Å². The molecule has 0 unspecified atom stereocenters. The van der Waals surface area contributed by atoms with Crippen LogP contribution in [-0.4, -0.2) is 112 Å². The molecule has 0 spiro atoms. The van der Waals surface area contributed by atoms with Gasteiger partial charge in [0.1, 0.15) is 6.04 Å². The molecule has 3 fully saturated rings. The third kappa shape index (κ3) is 6.56. The second-order valence-corrected chi connectivity index (χ2v) is 13.4. The van der Waals surface area contributed by atoms with Crippen LogP contribution in [0, 0.1) is 6.92 Å². The molecule has 3 saturated heterocycles. The van der Waals surface area contributed by atoms with Gasteiger partial charge in [-0.2, -0.15) is 5.10 Å². The quantitative estimate of drug-likeness (QED) is 0.295. The van der Waals surface area contributed by atoms with E-state index in [9.17, 15) is 9.59 Å². The maximum Gasteiger partial charge on any atom is 0.251 e. The van der Waals surface area contributed by atoms with Gasteiger partial charge >= 0.3 is 0 Å². The van der Waals surface area contributed by atoms with Crippen molar-refractivity contribution in [1.82, 2.24) is 40.3 Å². The van der Waals surface area contributed by atoms with Crippen molar-refractivity contribution in [2.45, 2.75) is 57.0 Å². The maximum atomic E-state index is 14.2. The number of benzene rings is 2. The Morgan fingerprint density at radius 1 is 0.956 bits per heavy atom. The summed E-state index contributed by atoms with van der Waals surface area (Å²) >= 11 is 0. The van der Waals surface area contributed by atoms with Gasteiger partial charge in [-0.25, -0.2) is 10.4 Å². The second-order valence-electron chi connectivity index (χ2n) is 13.4. The number of hydrazine groups is 1. The number of rotatable bonds is 7. The topological polar surface area (TPSA) is 104 Å². The molecule has 2 aromatic heterocycles. The zero-order chi connectivity index (χ0) is 30.9. The van der Waals surface area contributed by atoms with Crippen LogP contribution >= 0.6 is 0 Å². The summed E-state index contributed by atoms with van der Waals surface area (Å²) in [5.74, 6) is 0.375. The third-order valence-electron chi connectivity index (χ3n) is 10.4. The van der Waals surface area contributed by atoms with Gasteiger partial charge in [0.05, 0.1) is 11.7 Å². The van der Waals surface area contributed by atoms with Gasteiger partial charge in [-0.05, 0) is 99.8 Å². The third-order valence-corrected chi connectivity index (χ3v) is 10.4. The lowest BCUT2D eigenvalue weighted by atomic mass is 9.90. The lowest BCUT2D eigenvalue weighted by molar-refractivity contribution is -0.137. The van der Waals surface area contributed by atoms with Gasteiger partial charge < -0.3 is 14.8 Å². The number of hydrogen-bond acceptors (Lipinski definition) is 7. The Hall–Kier alpha value is -3.57. The number of likely N-dealkylation sites (tertiary alicyclic amines) is 1. The summed E-state index contributed by atoms with van der Waals surface area (Å²) in [5.41, 5.74) is 8.75. The van der Waals surface area contributed by atoms with Gasteiger partial charge in [0, 0.05) is 61.8 Å². The first-order valence-corrected chi connectivity index (χ1v) is 16.7. The van der Waals surface area contributed by atoms with E-state index < -0.39 is 0 Å². The number of aromatic nitrogens is 3. The standard InChI is InChI=1S/C35H46N8O2/c1-24-19-25(20-28-23-36-38-33(24)28)21-32(35(45)42-17-15-41(16-18-42)29-9-11-40(2)12-10-29)39-43-13-7-26(8-14-43)30-22-27-5-3-4-6-31(27)37-34(30)44/h3-6,19-20,22-23,26,29,32,39H,7-18,21H2,1-2H3,(H,36,38)(H,37,44)/t32-/m1/s1. The molecule has 7 rings (SSSR count). The van der Waals surface area contributed by atoms with Crippen LogP contribution in [0.4, 0.5) is 0 Å². The fourth-order valence-corrected chi connectivity index (χ4v) is 7.75. The van der Waals surface area contributed by atoms with Gasteiger partial charge in [0.2, 0.25) is 5.91 Å². The average molecular weight is 611 g/mol. The van der Waals surface area contributed by atoms with E-state index in [1.807, 2.05) is 24.4 Å². The maximum absolute atomic E-state index is 14.2. The van der Waals surface area contributed by atoms with Crippen molar-refractivity contribution < 1.29 is 4.79 Å². The van der Waals surface area contributed by atoms with E-state index >= 15 is 0 Å². The van der Waals surface area contributed by atoms with Gasteiger partial charge in [-0.3, -0.25) is 19.6 Å². The van der Waals surface area contributed by atoms with Crippen molar-refractivity contribution in [3.63, 3.8) is 0 Å². The number of piperidine rings is 2. The van der Waals surface area contributed by atoms with Crippen molar-refractivity contribution >= 4 is 27.7 Å². The Morgan fingerprint density at radius 2 is 1.71 bits per heavy atom. The highest BCUT2D eigenvalue weighted by Gasteiger charge is 2.33. The van der Waals surface area contributed by atoms with E-state index in [1.54, 1.807) is 0 Å². The predicted molar refractivity (Wildman–Crippen MR) is 178 cm³/mol. The molecule has 10 heteroatoms. The molecule has 3 N–H and O–H groups in total. The predicted octanol–water partition coefficient (Wildman–Crippen LogP) is 3.25. The van der Waals surface area contributed by atoms with Crippen molar-refractivity contribution in [2.75, 3.05) is 59.4 Å². The normalized spacial score (nSPS) is 20.7. The summed E-state index contributed by atoms with van der Waals surface area (Å²) < 4.78 is 0. The van der Waals surface area contributed by atoms with Crippen LogP contribution in [0.1, 0.15) is 48.3 Å². The van der Waals surface area contributed by atoms with Crippen LogP contribution in [0.2, 0.25) is 0 Å². The molecule has 2 aromatic carbocycles. The average Bonchev–Trinajstić information content (AvgIpc) is 3.54. The lowest BCUT2D eigenvalue weighted by Crippen LogP contribution is -2.59. The SMILES string of the molecule is Cc1cc(C[C@@H](NN2CCC(c3cc4ccccc4[nH]c3=O)CC2)C(=O)N2CCN(C3CCN(C)CC3)CC2)cc2cn[nH]c12. The van der Waals surface area contributed by atoms with E-state index in [0.29, 0.717) is 12.5 Å². The summed E-state index contributed by atoms with van der Waals surface area (Å²) in [6.07, 6.45) is 6.63. The van der Waals surface area contributed by atoms with Gasteiger partial charge in [-0.15, -0.1) is 0 Å². The number of fused-ring (bicyclic) bond motifs is 2. The number of pyridine rings is 1. The van der Waals surface area contributed by atoms with E-state index in [1.165, 1.54) is 12.8 Å². The minimum absolute atomic E-state index is 0.0116. The van der Waals surface area contributed by atoms with Crippen LogP contribution < -0.4 is 11.0 Å². The molecule has 4 aromatic rings. The van der Waals surface area contributed by atoms with Crippen molar-refractivity contribution in [3.05, 3.63) is 75.7 Å². The Morgan fingerprint density at radius 3 is 2.49 bits per heavy atom. The number of H-pyrrole nitrogens is 2. The van der Waals surface area contributed by atoms with E-state index in [2.05, 4.69) is 78.6 Å². The van der Waals surface area contributed by atoms with Gasteiger partial charge in [-0.1, -0.05) is 24.3 Å². The Kier molecular flexibility index (Phi) is 8.72. The first kappa shape index (κ1) is 30.1. The highest BCUT2D eigenvalue weighted by molar-refractivity contribution is 5.84. The summed E-state index contributed by atoms with van der Waals surface area (Å²) in [4.78, 5) is 37.3. The lowest BCUT2D eigenvalue weighted by Gasteiger charge is -2.43. The number of carbonyl (C=O) groups excluding carboxylic acids is 1. The second kappa shape index (κ2) is 13.0. The summed E-state index contributed by atoms with van der Waals surface area (Å²) in [6.45, 7) is 9.40. The number of para-hydroxylation sites is 1. The van der Waals surface area contributed by atoms with Crippen LogP contribution in [0.25, 0.3) is 21.8 Å². The molecular formula is C35H46N8O2. The molecule has 3 aliphatic heterocycles. The molecule has 0 bridgehead atoms. The van der Waals surface area contributed by atoms with Crippen molar-refractivity contribution in [2.24, 2.45) is 0 Å². The largest absolute Gasteiger partial charge is 0.339 e. The Labute approximate surface area is 264 Å². The number of carbonyl (C=O) groups is 1. The number of nitrogens with zero attached hydrogens (tertiary/aromatic N) is 5. The molecule has 1 amide bonds. The molecule has 0 radical (unpaired) electrons. The molecule has 0 saturated carbocycles. The Bertz CT molecular complexity index is 1690. The van der Waals surface area contributed by atoms with Crippen LogP contribution in [0.5, 0.6) is 0 Å². The first-order valence-electron chi connectivity index (χ1n) is 16.7. The van der Waals surface area contributed by atoms with E-state index in [0.717, 1.165) is 104 Å². The zero-order valence-electron chi connectivity index (χ0n) is 26.6. The minimum atomic E-state index is -0.357. The molecular weight excluding hydrogens is 564 g/mol. The van der Waals surface area contributed by atoms with Crippen LogP contribution in [0.15, 0.2) is 53.5 Å². The van der Waals surface area contributed by atoms with Crippen molar-refractivity contribution in [1.29, 1.82) is 0 Å². The van der Waals surface area contributed by atoms with E-state index in [4.69, 9.17) is 0 Å². The summed E-state index contributed by atoms with van der Waals surface area (Å²) in [6, 6.07) is 14.6. The monoisotopic (exact) mass is 610 g/mol. The highest BCUT2D eigenvalue weighted by atomic mass is 16.2. The Balaban J connectivity index is 1.04. The van der Waals surface area contributed by atoms with Crippen LogP contribution in [0.3, 0.4) is 0 Å². The fraction of sp³-hybridized carbons (Fsp3) is 0.514. The highest BCUT2D eigenvalue weighted by Crippen LogP contribution is 2.28. The van der Waals surface area contributed by atoms with Gasteiger partial charge in [0.25, 0.3) is 5.56 Å². The summed E-state index contributed by atoms with van der Waals surface area (Å²) in [5, 5.41) is 11.7. The number of amides is 1. The number of aryl methyl sites for hydroxylation is 1. The molecule has 238 valence electrons. The molecule has 0 aliphatic carbocycles. The molecule has 3 aliphatic rings. The number of aromatic amines is 2. The fourth-order valence-electron chi connectivity index (χ4n) is 7.75. The number of nitrogens with one attached hydrogen (secondary N) is 3. The first-order chi connectivity index (χ1) is 21.9. The number of hydrogen-bond donors (Lipinski definition) is 3. The van der Waals surface area contributed by atoms with Gasteiger partial charge in [0.15, 0.2) is 0 Å². The number of piperazine rings is 1.